The molecule has 0 bridgehead atoms. The van der Waals surface area contributed by atoms with Gasteiger partial charge in [-0.1, -0.05) is 40.2 Å². The zero-order chi connectivity index (χ0) is 24.8. The molecule has 2 amide bonds. The van der Waals surface area contributed by atoms with Crippen LogP contribution in [0.3, 0.4) is 0 Å². The van der Waals surface area contributed by atoms with Gasteiger partial charge in [0.2, 0.25) is 0 Å². The fraction of sp³-hybridized carbons (Fsp3) is 0.231. The molecule has 6 rings (SSSR count). The summed E-state index contributed by atoms with van der Waals surface area (Å²) in [5.74, 6) is 1.52. The van der Waals surface area contributed by atoms with Gasteiger partial charge in [-0.15, -0.1) is 0 Å². The van der Waals surface area contributed by atoms with Gasteiger partial charge in [-0.05, 0) is 49.9 Å². The van der Waals surface area contributed by atoms with E-state index in [2.05, 4.69) is 10.1 Å². The van der Waals surface area contributed by atoms with E-state index in [9.17, 15) is 9.59 Å². The molecule has 8 nitrogen and oxygen atoms in total. The summed E-state index contributed by atoms with van der Waals surface area (Å²) in [4.78, 5) is 31.8. The van der Waals surface area contributed by atoms with Crippen molar-refractivity contribution < 1.29 is 23.6 Å². The Bertz CT molecular complexity index is 1440. The van der Waals surface area contributed by atoms with Crippen LogP contribution in [0.15, 0.2) is 59.3 Å². The summed E-state index contributed by atoms with van der Waals surface area (Å²) in [7, 11) is 0. The first kappa shape index (κ1) is 22.8. The Hall–Kier alpha value is -3.69. The summed E-state index contributed by atoms with van der Waals surface area (Å²) in [5, 5.41) is 4.93. The molecule has 3 heterocycles. The van der Waals surface area contributed by atoms with Gasteiger partial charge in [0.1, 0.15) is 17.2 Å². The first-order valence-corrected chi connectivity index (χ1v) is 12.7. The normalized spacial score (nSPS) is 15.8. The number of nitrogens with zero attached hydrogens (tertiary/aromatic N) is 3. The second-order valence-corrected chi connectivity index (χ2v) is 10.2. The standard InChI is InChI=1S/C26H20ClN3O5S/c1-14(30-24(31)17-4-2-3-5-18(17)25(30)32)22-11-20(29-35-22)23-12-28-26(36-23)34-21-9-8-16(10-19(21)27)33-13-15-6-7-15/h2-5,8-12,14-15H,6-7,13H2,1H3. The molecule has 1 aliphatic heterocycles. The highest BCUT2D eigenvalue weighted by Gasteiger charge is 2.40. The predicted octanol–water partition coefficient (Wildman–Crippen LogP) is 6.39. The number of fused-ring (bicyclic) bond motifs is 1. The Morgan fingerprint density at radius 2 is 1.89 bits per heavy atom. The van der Waals surface area contributed by atoms with Crippen LogP contribution in [0.1, 0.15) is 52.3 Å². The molecule has 1 aliphatic carbocycles. The number of aromatic nitrogens is 2. The van der Waals surface area contributed by atoms with Gasteiger partial charge in [0.15, 0.2) is 5.76 Å². The smallest absolute Gasteiger partial charge is 0.279 e. The minimum Gasteiger partial charge on any atom is -0.493 e. The molecule has 1 unspecified atom stereocenters. The molecule has 1 saturated carbocycles. The van der Waals surface area contributed by atoms with Crippen molar-refractivity contribution in [3.8, 4) is 27.3 Å². The van der Waals surface area contributed by atoms with E-state index in [1.165, 1.54) is 29.1 Å². The van der Waals surface area contributed by atoms with Gasteiger partial charge in [0.05, 0.1) is 39.9 Å². The van der Waals surface area contributed by atoms with Gasteiger partial charge in [-0.25, -0.2) is 4.98 Å². The molecule has 0 spiro atoms. The van der Waals surface area contributed by atoms with Crippen LogP contribution in [0.25, 0.3) is 10.6 Å². The van der Waals surface area contributed by atoms with E-state index in [1.54, 1.807) is 55.6 Å². The highest BCUT2D eigenvalue weighted by molar-refractivity contribution is 7.16. The molecule has 182 valence electrons. The van der Waals surface area contributed by atoms with E-state index < -0.39 is 6.04 Å². The number of carbonyl (C=O) groups is 2. The maximum atomic E-state index is 12.8. The monoisotopic (exact) mass is 521 g/mol. The minimum atomic E-state index is -0.623. The van der Waals surface area contributed by atoms with Crippen LogP contribution >= 0.6 is 22.9 Å². The van der Waals surface area contributed by atoms with Gasteiger partial charge in [0, 0.05) is 12.1 Å². The number of hydrogen-bond donors (Lipinski definition) is 0. The number of ether oxygens (including phenoxy) is 2. The van der Waals surface area contributed by atoms with Crippen molar-refractivity contribution in [1.29, 1.82) is 0 Å². The number of benzene rings is 2. The maximum absolute atomic E-state index is 12.8. The average molecular weight is 522 g/mol. The molecule has 0 saturated heterocycles. The first-order chi connectivity index (χ1) is 17.5. The molecule has 10 heteroatoms. The lowest BCUT2D eigenvalue weighted by atomic mass is 10.1. The molecule has 1 fully saturated rings. The number of imide groups is 1. The largest absolute Gasteiger partial charge is 0.493 e. The molecule has 2 aromatic carbocycles. The highest BCUT2D eigenvalue weighted by atomic mass is 35.5. The lowest BCUT2D eigenvalue weighted by molar-refractivity contribution is 0.0573. The fourth-order valence-corrected chi connectivity index (χ4v) is 4.90. The quantitative estimate of drug-likeness (QED) is 0.248. The topological polar surface area (TPSA) is 94.8 Å². The molecular formula is C26H20ClN3O5S. The summed E-state index contributed by atoms with van der Waals surface area (Å²) in [6, 6.07) is 13.1. The minimum absolute atomic E-state index is 0.352. The summed E-state index contributed by atoms with van der Waals surface area (Å²) < 4.78 is 17.1. The molecule has 1 atom stereocenters. The lowest BCUT2D eigenvalue weighted by Crippen LogP contribution is -2.32. The summed E-state index contributed by atoms with van der Waals surface area (Å²) in [5.41, 5.74) is 1.30. The maximum Gasteiger partial charge on any atom is 0.279 e. The van der Waals surface area contributed by atoms with Crippen LogP contribution in [0, 0.1) is 5.92 Å². The first-order valence-electron chi connectivity index (χ1n) is 11.5. The van der Waals surface area contributed by atoms with Crippen molar-refractivity contribution in [3.63, 3.8) is 0 Å². The fourth-order valence-electron chi connectivity index (χ4n) is 3.96. The molecule has 0 radical (unpaired) electrons. The van der Waals surface area contributed by atoms with Crippen LogP contribution in [0.5, 0.6) is 16.7 Å². The van der Waals surface area contributed by atoms with E-state index in [1.807, 2.05) is 6.07 Å². The van der Waals surface area contributed by atoms with Crippen LogP contribution in [0.4, 0.5) is 0 Å². The second kappa shape index (κ2) is 9.07. The van der Waals surface area contributed by atoms with E-state index in [0.717, 1.165) is 0 Å². The number of thiazole rings is 1. The summed E-state index contributed by atoms with van der Waals surface area (Å²) >= 11 is 7.65. The van der Waals surface area contributed by atoms with Crippen molar-refractivity contribution in [2.24, 2.45) is 5.92 Å². The van der Waals surface area contributed by atoms with Gasteiger partial charge in [0.25, 0.3) is 17.0 Å². The van der Waals surface area contributed by atoms with Gasteiger partial charge in [-0.2, -0.15) is 0 Å². The number of carbonyl (C=O) groups excluding carboxylic acids is 2. The number of hydrogen-bond acceptors (Lipinski definition) is 8. The van der Waals surface area contributed by atoms with E-state index in [0.29, 0.717) is 61.7 Å². The van der Waals surface area contributed by atoms with Crippen molar-refractivity contribution in [2.75, 3.05) is 6.61 Å². The third kappa shape index (κ3) is 4.25. The van der Waals surface area contributed by atoms with Crippen molar-refractivity contribution in [3.05, 3.63) is 76.6 Å². The van der Waals surface area contributed by atoms with Crippen LogP contribution in [-0.2, 0) is 0 Å². The molecule has 2 aromatic heterocycles. The van der Waals surface area contributed by atoms with Crippen LogP contribution in [0.2, 0.25) is 5.02 Å². The van der Waals surface area contributed by atoms with Crippen LogP contribution < -0.4 is 9.47 Å². The van der Waals surface area contributed by atoms with E-state index in [-0.39, 0.29) is 11.8 Å². The van der Waals surface area contributed by atoms with Crippen molar-refractivity contribution in [1.82, 2.24) is 15.0 Å². The van der Waals surface area contributed by atoms with Crippen LogP contribution in [-0.4, -0.2) is 33.5 Å². The third-order valence-electron chi connectivity index (χ3n) is 6.17. The Morgan fingerprint density at radius 1 is 1.14 bits per heavy atom. The van der Waals surface area contributed by atoms with Crippen molar-refractivity contribution in [2.45, 2.75) is 25.8 Å². The zero-order valence-corrected chi connectivity index (χ0v) is 20.7. The predicted molar refractivity (Wildman–Crippen MR) is 133 cm³/mol. The Morgan fingerprint density at radius 3 is 2.58 bits per heavy atom. The highest BCUT2D eigenvalue weighted by Crippen LogP contribution is 2.38. The summed E-state index contributed by atoms with van der Waals surface area (Å²) in [6.45, 7) is 2.44. The number of rotatable bonds is 8. The molecular weight excluding hydrogens is 502 g/mol. The Labute approximate surface area is 215 Å². The molecule has 36 heavy (non-hydrogen) atoms. The average Bonchev–Trinajstić information content (AvgIpc) is 3.27. The SMILES string of the molecule is CC(c1cc(-c2cnc(Oc3ccc(OCC4CC4)cc3Cl)s2)no1)N1C(=O)c2ccccc2C1=O. The summed E-state index contributed by atoms with van der Waals surface area (Å²) in [6.07, 6.45) is 4.06. The van der Waals surface area contributed by atoms with Gasteiger partial charge >= 0.3 is 0 Å². The van der Waals surface area contributed by atoms with Gasteiger partial charge < -0.3 is 14.0 Å². The third-order valence-corrected chi connectivity index (χ3v) is 7.37. The molecule has 2 aliphatic rings. The Balaban J connectivity index is 1.15. The lowest BCUT2D eigenvalue weighted by Gasteiger charge is -2.19. The molecule has 0 N–H and O–H groups in total. The zero-order valence-electron chi connectivity index (χ0n) is 19.1. The Kier molecular flexibility index (Phi) is 5.73. The molecule has 4 aromatic rings. The number of halogens is 1. The van der Waals surface area contributed by atoms with Gasteiger partial charge in [-0.3, -0.25) is 14.5 Å². The van der Waals surface area contributed by atoms with Crippen molar-refractivity contribution >= 4 is 34.8 Å². The van der Waals surface area contributed by atoms with E-state index in [4.69, 9.17) is 25.6 Å². The van der Waals surface area contributed by atoms with E-state index >= 15 is 0 Å². The second-order valence-electron chi connectivity index (χ2n) is 8.76. The number of amides is 2.